The molecule has 1 rings (SSSR count). The van der Waals surface area contributed by atoms with Crippen LogP contribution in [0.4, 0.5) is 5.82 Å². The highest BCUT2D eigenvalue weighted by Gasteiger charge is 2.08. The van der Waals surface area contributed by atoms with Gasteiger partial charge in [0.1, 0.15) is 11.5 Å². The molecule has 0 saturated carbocycles. The lowest BCUT2D eigenvalue weighted by Gasteiger charge is -2.20. The van der Waals surface area contributed by atoms with Gasteiger partial charge < -0.3 is 15.7 Å². The van der Waals surface area contributed by atoms with Crippen LogP contribution in [-0.4, -0.2) is 40.7 Å². The quantitative estimate of drug-likeness (QED) is 0.676. The molecule has 1 aromatic heterocycles. The smallest absolute Gasteiger partial charge is 0.268 e. The molecule has 0 bridgehead atoms. The molecule has 0 unspecified atom stereocenters. The van der Waals surface area contributed by atoms with Crippen LogP contribution in [0, 0.1) is 0 Å². The third kappa shape index (κ3) is 2.88. The van der Waals surface area contributed by atoms with Crippen LogP contribution >= 0.6 is 0 Å². The van der Waals surface area contributed by atoms with Crippen LogP contribution in [0.3, 0.4) is 0 Å². The molecule has 1 heterocycles. The summed E-state index contributed by atoms with van der Waals surface area (Å²) in [4.78, 5) is 20.6. The predicted octanol–water partition coefficient (Wildman–Crippen LogP) is -0.606. The third-order valence-electron chi connectivity index (χ3n) is 1.95. The fourth-order valence-corrected chi connectivity index (χ4v) is 1.18. The fourth-order valence-electron chi connectivity index (χ4n) is 1.18. The van der Waals surface area contributed by atoms with Crippen molar-refractivity contribution in [2.45, 2.75) is 6.92 Å². The molecule has 0 spiro atoms. The number of primary amides is 1. The highest BCUT2D eigenvalue weighted by molar-refractivity contribution is 5.90. The van der Waals surface area contributed by atoms with Crippen LogP contribution in [0.25, 0.3) is 0 Å². The van der Waals surface area contributed by atoms with Crippen molar-refractivity contribution in [1.82, 2.24) is 9.97 Å². The van der Waals surface area contributed by atoms with Crippen molar-refractivity contribution in [3.8, 4) is 0 Å². The number of carbonyl (C=O) groups is 1. The summed E-state index contributed by atoms with van der Waals surface area (Å²) in [6, 6.07) is 0. The first kappa shape index (κ1) is 11.4. The van der Waals surface area contributed by atoms with E-state index >= 15 is 0 Å². The van der Waals surface area contributed by atoms with E-state index in [0.717, 1.165) is 0 Å². The lowest BCUT2D eigenvalue weighted by Crippen LogP contribution is -2.28. The van der Waals surface area contributed by atoms with E-state index in [1.54, 1.807) is 4.90 Å². The maximum Gasteiger partial charge on any atom is 0.268 e. The van der Waals surface area contributed by atoms with E-state index in [1.165, 1.54) is 12.4 Å². The summed E-state index contributed by atoms with van der Waals surface area (Å²) in [7, 11) is 0. The van der Waals surface area contributed by atoms with E-state index in [9.17, 15) is 4.79 Å². The van der Waals surface area contributed by atoms with Gasteiger partial charge in [0.15, 0.2) is 0 Å². The highest BCUT2D eigenvalue weighted by Crippen LogP contribution is 2.08. The van der Waals surface area contributed by atoms with Gasteiger partial charge in [0.25, 0.3) is 5.91 Å². The number of nitrogens with zero attached hydrogens (tertiary/aromatic N) is 3. The molecule has 0 aliphatic rings. The molecule has 6 nitrogen and oxygen atoms in total. The van der Waals surface area contributed by atoms with Crippen molar-refractivity contribution in [1.29, 1.82) is 0 Å². The van der Waals surface area contributed by atoms with Crippen molar-refractivity contribution >= 4 is 11.7 Å². The minimum absolute atomic E-state index is 0.0241. The zero-order valence-electron chi connectivity index (χ0n) is 8.55. The molecular formula is C9H14N4O2. The second kappa shape index (κ2) is 5.26. The zero-order valence-corrected chi connectivity index (χ0v) is 8.55. The van der Waals surface area contributed by atoms with Crippen molar-refractivity contribution in [2.75, 3.05) is 24.6 Å². The van der Waals surface area contributed by atoms with E-state index in [4.69, 9.17) is 10.8 Å². The van der Waals surface area contributed by atoms with E-state index < -0.39 is 5.91 Å². The number of aromatic nitrogens is 2. The van der Waals surface area contributed by atoms with Crippen LogP contribution in [0.15, 0.2) is 12.4 Å². The largest absolute Gasteiger partial charge is 0.395 e. The Morgan fingerprint density at radius 1 is 1.60 bits per heavy atom. The Hall–Kier alpha value is -1.69. The maximum absolute atomic E-state index is 10.9. The second-order valence-electron chi connectivity index (χ2n) is 2.93. The molecule has 0 aromatic carbocycles. The van der Waals surface area contributed by atoms with Gasteiger partial charge in [-0.1, -0.05) is 0 Å². The SMILES string of the molecule is CCN(CCO)c1cncc(C(N)=O)n1. The summed E-state index contributed by atoms with van der Waals surface area (Å²) >= 11 is 0. The third-order valence-corrected chi connectivity index (χ3v) is 1.95. The summed E-state index contributed by atoms with van der Waals surface area (Å²) in [6.45, 7) is 3.08. The average Bonchev–Trinajstić information content (AvgIpc) is 2.26. The molecular weight excluding hydrogens is 196 g/mol. The molecule has 1 amide bonds. The molecule has 0 aliphatic heterocycles. The predicted molar refractivity (Wildman–Crippen MR) is 55.5 cm³/mol. The van der Waals surface area contributed by atoms with Crippen LogP contribution in [0.1, 0.15) is 17.4 Å². The Bertz CT molecular complexity index is 343. The average molecular weight is 210 g/mol. The number of amides is 1. The first-order chi connectivity index (χ1) is 7.19. The van der Waals surface area contributed by atoms with Gasteiger partial charge in [-0.05, 0) is 6.92 Å². The first-order valence-electron chi connectivity index (χ1n) is 4.66. The van der Waals surface area contributed by atoms with E-state index in [-0.39, 0.29) is 12.3 Å². The number of nitrogens with two attached hydrogens (primary N) is 1. The topological polar surface area (TPSA) is 92.3 Å². The zero-order chi connectivity index (χ0) is 11.3. The van der Waals surface area contributed by atoms with Gasteiger partial charge in [-0.15, -0.1) is 0 Å². The molecule has 0 radical (unpaired) electrons. The second-order valence-corrected chi connectivity index (χ2v) is 2.93. The summed E-state index contributed by atoms with van der Waals surface area (Å²) in [5.41, 5.74) is 5.22. The van der Waals surface area contributed by atoms with Gasteiger partial charge in [0.05, 0.1) is 19.0 Å². The number of aliphatic hydroxyl groups is 1. The van der Waals surface area contributed by atoms with Crippen LogP contribution in [0.2, 0.25) is 0 Å². The van der Waals surface area contributed by atoms with Crippen LogP contribution in [-0.2, 0) is 0 Å². The van der Waals surface area contributed by atoms with Crippen molar-refractivity contribution in [3.63, 3.8) is 0 Å². The molecule has 0 aliphatic carbocycles. The Kier molecular flexibility index (Phi) is 3.99. The number of likely N-dealkylation sites (N-methyl/N-ethyl adjacent to an activating group) is 1. The first-order valence-corrected chi connectivity index (χ1v) is 4.66. The molecule has 0 fully saturated rings. The number of hydrogen-bond acceptors (Lipinski definition) is 5. The Morgan fingerprint density at radius 2 is 2.33 bits per heavy atom. The van der Waals surface area contributed by atoms with Crippen LogP contribution in [0.5, 0.6) is 0 Å². The van der Waals surface area contributed by atoms with Gasteiger partial charge in [-0.3, -0.25) is 9.78 Å². The molecule has 1 aromatic rings. The monoisotopic (exact) mass is 210 g/mol. The lowest BCUT2D eigenvalue weighted by atomic mass is 10.4. The molecule has 3 N–H and O–H groups in total. The molecule has 15 heavy (non-hydrogen) atoms. The number of anilines is 1. The molecule has 0 atom stereocenters. The number of aliphatic hydroxyl groups excluding tert-OH is 1. The fraction of sp³-hybridized carbons (Fsp3) is 0.444. The van der Waals surface area contributed by atoms with Gasteiger partial charge >= 0.3 is 0 Å². The number of rotatable bonds is 5. The summed E-state index contributed by atoms with van der Waals surface area (Å²) in [5, 5.41) is 8.83. The number of carbonyl (C=O) groups excluding carboxylic acids is 1. The normalized spacial score (nSPS) is 10.0. The van der Waals surface area contributed by atoms with Crippen LogP contribution < -0.4 is 10.6 Å². The summed E-state index contributed by atoms with van der Waals surface area (Å²) in [5.74, 6) is -0.0627. The molecule has 82 valence electrons. The van der Waals surface area contributed by atoms with E-state index in [2.05, 4.69) is 9.97 Å². The van der Waals surface area contributed by atoms with Crippen molar-refractivity contribution in [3.05, 3.63) is 18.1 Å². The van der Waals surface area contributed by atoms with E-state index in [0.29, 0.717) is 18.9 Å². The van der Waals surface area contributed by atoms with Gasteiger partial charge in [0.2, 0.25) is 0 Å². The Balaban J connectivity index is 2.92. The minimum Gasteiger partial charge on any atom is -0.395 e. The number of hydrogen-bond donors (Lipinski definition) is 2. The minimum atomic E-state index is -0.607. The standard InChI is InChI=1S/C9H14N4O2/c1-2-13(3-4-14)8-6-11-5-7(12-8)9(10)15/h5-6,14H,2-4H2,1H3,(H2,10,15). The van der Waals surface area contributed by atoms with Gasteiger partial charge in [-0.25, -0.2) is 4.98 Å². The highest BCUT2D eigenvalue weighted by atomic mass is 16.3. The van der Waals surface area contributed by atoms with E-state index in [1.807, 2.05) is 6.92 Å². The maximum atomic E-state index is 10.9. The lowest BCUT2D eigenvalue weighted by molar-refractivity contribution is 0.0995. The molecule has 0 saturated heterocycles. The Morgan fingerprint density at radius 3 is 2.87 bits per heavy atom. The Labute approximate surface area is 87.8 Å². The molecule has 6 heteroatoms. The summed E-state index contributed by atoms with van der Waals surface area (Å²) < 4.78 is 0. The van der Waals surface area contributed by atoms with Crippen molar-refractivity contribution < 1.29 is 9.90 Å². The van der Waals surface area contributed by atoms with Gasteiger partial charge in [0, 0.05) is 13.1 Å². The van der Waals surface area contributed by atoms with Gasteiger partial charge in [-0.2, -0.15) is 0 Å². The van der Waals surface area contributed by atoms with Crippen molar-refractivity contribution in [2.24, 2.45) is 5.73 Å². The summed E-state index contributed by atoms with van der Waals surface area (Å²) in [6.07, 6.45) is 2.85.